The Morgan fingerprint density at radius 1 is 1.41 bits per heavy atom. The van der Waals surface area contributed by atoms with Gasteiger partial charge in [0.05, 0.1) is 17.0 Å². The molecular formula is C9H4BrF5N2. The number of alkyl halides is 5. The van der Waals surface area contributed by atoms with Crippen molar-refractivity contribution in [2.24, 2.45) is 0 Å². The minimum atomic E-state index is -4.85. The van der Waals surface area contributed by atoms with Crippen LogP contribution in [0.15, 0.2) is 10.5 Å². The molecule has 92 valence electrons. The third-order valence-electron chi connectivity index (χ3n) is 1.81. The van der Waals surface area contributed by atoms with Gasteiger partial charge in [0, 0.05) is 0 Å². The molecule has 1 aromatic rings. The van der Waals surface area contributed by atoms with Crippen molar-refractivity contribution in [1.82, 2.24) is 4.98 Å². The molecule has 0 atom stereocenters. The average Bonchev–Trinajstić information content (AvgIpc) is 2.19. The average molecular weight is 315 g/mol. The maximum absolute atomic E-state index is 12.5. The van der Waals surface area contributed by atoms with Gasteiger partial charge in [0.25, 0.3) is 6.43 Å². The van der Waals surface area contributed by atoms with Gasteiger partial charge in [-0.15, -0.1) is 0 Å². The van der Waals surface area contributed by atoms with Gasteiger partial charge < -0.3 is 0 Å². The molecule has 0 saturated heterocycles. The summed E-state index contributed by atoms with van der Waals surface area (Å²) in [5.41, 5.74) is -2.60. The van der Waals surface area contributed by atoms with Gasteiger partial charge in [-0.2, -0.15) is 18.4 Å². The molecule has 17 heavy (non-hydrogen) atoms. The fourth-order valence-electron chi connectivity index (χ4n) is 1.12. The van der Waals surface area contributed by atoms with Crippen molar-refractivity contribution in [2.75, 3.05) is 0 Å². The van der Waals surface area contributed by atoms with Crippen molar-refractivity contribution in [3.8, 4) is 6.07 Å². The summed E-state index contributed by atoms with van der Waals surface area (Å²) in [6, 6.07) is 2.38. The molecule has 0 amide bonds. The van der Waals surface area contributed by atoms with Crippen LogP contribution in [-0.4, -0.2) is 4.98 Å². The first-order valence-electron chi connectivity index (χ1n) is 4.19. The van der Waals surface area contributed by atoms with Gasteiger partial charge in [-0.25, -0.2) is 13.8 Å². The fourth-order valence-corrected chi connectivity index (χ4v) is 1.69. The summed E-state index contributed by atoms with van der Waals surface area (Å²) in [6.45, 7) is 0. The van der Waals surface area contributed by atoms with E-state index < -0.39 is 34.9 Å². The van der Waals surface area contributed by atoms with E-state index in [-0.39, 0.29) is 5.56 Å². The summed E-state index contributed by atoms with van der Waals surface area (Å²) in [7, 11) is 0. The summed E-state index contributed by atoms with van der Waals surface area (Å²) in [5.74, 6) is 0. The molecule has 0 aliphatic rings. The summed E-state index contributed by atoms with van der Waals surface area (Å²) in [6.07, 6.45) is -8.39. The molecule has 1 aromatic heterocycles. The van der Waals surface area contributed by atoms with E-state index in [0.717, 1.165) is 6.07 Å². The van der Waals surface area contributed by atoms with Crippen LogP contribution in [0.2, 0.25) is 0 Å². The number of halogens is 6. The first-order chi connectivity index (χ1) is 7.77. The Morgan fingerprint density at radius 3 is 2.41 bits per heavy atom. The second kappa shape index (κ2) is 4.96. The zero-order valence-corrected chi connectivity index (χ0v) is 9.61. The lowest BCUT2D eigenvalue weighted by molar-refractivity contribution is -0.142. The lowest BCUT2D eigenvalue weighted by Gasteiger charge is -2.12. The Bertz CT molecular complexity index is 464. The van der Waals surface area contributed by atoms with Gasteiger partial charge in [0.15, 0.2) is 5.69 Å². The highest BCUT2D eigenvalue weighted by molar-refractivity contribution is 9.10. The zero-order chi connectivity index (χ0) is 13.2. The van der Waals surface area contributed by atoms with Crippen LogP contribution in [0.5, 0.6) is 0 Å². The normalized spacial score (nSPS) is 11.6. The minimum Gasteiger partial charge on any atom is -0.241 e. The van der Waals surface area contributed by atoms with Crippen molar-refractivity contribution in [1.29, 1.82) is 5.26 Å². The zero-order valence-electron chi connectivity index (χ0n) is 8.02. The highest BCUT2D eigenvalue weighted by Gasteiger charge is 2.37. The van der Waals surface area contributed by atoms with Crippen LogP contribution in [0.1, 0.15) is 23.4 Å². The van der Waals surface area contributed by atoms with E-state index in [4.69, 9.17) is 5.26 Å². The van der Waals surface area contributed by atoms with Gasteiger partial charge in [-0.3, -0.25) is 0 Å². The van der Waals surface area contributed by atoms with Crippen LogP contribution in [0.3, 0.4) is 0 Å². The molecule has 0 unspecified atom stereocenters. The molecule has 0 aliphatic heterocycles. The maximum Gasteiger partial charge on any atom is 0.434 e. The molecule has 0 bridgehead atoms. The Morgan fingerprint density at radius 2 is 2.00 bits per heavy atom. The number of nitrogens with zero attached hydrogens (tertiary/aromatic N) is 2. The highest BCUT2D eigenvalue weighted by Crippen LogP contribution is 2.36. The summed E-state index contributed by atoms with van der Waals surface area (Å²) in [4.78, 5) is 2.85. The van der Waals surface area contributed by atoms with Gasteiger partial charge in [0.1, 0.15) is 5.69 Å². The first-order valence-corrected chi connectivity index (χ1v) is 4.98. The number of rotatable bonds is 2. The number of pyridine rings is 1. The van der Waals surface area contributed by atoms with Crippen LogP contribution in [0.25, 0.3) is 0 Å². The molecule has 0 fully saturated rings. The molecule has 0 saturated carbocycles. The van der Waals surface area contributed by atoms with Gasteiger partial charge in [-0.05, 0) is 27.6 Å². The fraction of sp³-hybridized carbons (Fsp3) is 0.333. The molecule has 1 heterocycles. The van der Waals surface area contributed by atoms with Crippen molar-refractivity contribution < 1.29 is 22.0 Å². The van der Waals surface area contributed by atoms with E-state index >= 15 is 0 Å². The van der Waals surface area contributed by atoms with E-state index in [0.29, 0.717) is 0 Å². The van der Waals surface area contributed by atoms with Crippen molar-refractivity contribution >= 4 is 15.9 Å². The van der Waals surface area contributed by atoms with Gasteiger partial charge in [0.2, 0.25) is 0 Å². The topological polar surface area (TPSA) is 36.7 Å². The van der Waals surface area contributed by atoms with E-state index in [1.807, 2.05) is 0 Å². The van der Waals surface area contributed by atoms with E-state index in [2.05, 4.69) is 20.9 Å². The van der Waals surface area contributed by atoms with E-state index in [9.17, 15) is 22.0 Å². The van der Waals surface area contributed by atoms with Crippen molar-refractivity contribution in [3.05, 3.63) is 27.5 Å². The predicted octanol–water partition coefficient (Wildman–Crippen LogP) is 3.87. The lowest BCUT2D eigenvalue weighted by Crippen LogP contribution is -2.12. The molecule has 2 nitrogen and oxygen atoms in total. The summed E-state index contributed by atoms with van der Waals surface area (Å²) in [5, 5.41) is 8.41. The maximum atomic E-state index is 12.5. The van der Waals surface area contributed by atoms with Crippen molar-refractivity contribution in [2.45, 2.75) is 19.0 Å². The molecule has 0 N–H and O–H groups in total. The third kappa shape index (κ3) is 3.12. The number of nitriles is 1. The molecule has 0 aromatic carbocycles. The van der Waals surface area contributed by atoms with Gasteiger partial charge in [-0.1, -0.05) is 0 Å². The second-order valence-corrected chi connectivity index (χ2v) is 3.80. The number of aromatic nitrogens is 1. The molecule has 0 aliphatic carbocycles. The first kappa shape index (κ1) is 13.8. The highest BCUT2D eigenvalue weighted by atomic mass is 79.9. The standard InChI is InChI=1S/C9H4BrF5N2/c10-6-4(1-2-16)3-5(8(11)12)17-7(6)9(13,14)15/h3,8H,1H2. The van der Waals surface area contributed by atoms with Crippen LogP contribution in [0, 0.1) is 11.3 Å². The molecular weight excluding hydrogens is 311 g/mol. The molecule has 8 heteroatoms. The Hall–Kier alpha value is -1.23. The van der Waals surface area contributed by atoms with Gasteiger partial charge >= 0.3 is 6.18 Å². The summed E-state index contributed by atoms with van der Waals surface area (Å²) < 4.78 is 61.7. The minimum absolute atomic E-state index is 0.162. The number of hydrogen-bond acceptors (Lipinski definition) is 2. The Kier molecular flexibility index (Phi) is 4.03. The monoisotopic (exact) mass is 314 g/mol. The molecule has 0 radical (unpaired) electrons. The van der Waals surface area contributed by atoms with Crippen LogP contribution in [0.4, 0.5) is 22.0 Å². The van der Waals surface area contributed by atoms with Crippen LogP contribution >= 0.6 is 15.9 Å². The van der Waals surface area contributed by atoms with Crippen LogP contribution in [-0.2, 0) is 12.6 Å². The lowest BCUT2D eigenvalue weighted by atomic mass is 10.1. The number of hydrogen-bond donors (Lipinski definition) is 0. The third-order valence-corrected chi connectivity index (χ3v) is 2.70. The predicted molar refractivity (Wildman–Crippen MR) is 51.2 cm³/mol. The Labute approximate surface area is 101 Å². The smallest absolute Gasteiger partial charge is 0.241 e. The van der Waals surface area contributed by atoms with Crippen molar-refractivity contribution in [3.63, 3.8) is 0 Å². The van der Waals surface area contributed by atoms with E-state index in [1.165, 1.54) is 0 Å². The largest absolute Gasteiger partial charge is 0.434 e. The summed E-state index contributed by atoms with van der Waals surface area (Å²) >= 11 is 2.62. The quantitative estimate of drug-likeness (QED) is 0.777. The molecule has 0 spiro atoms. The second-order valence-electron chi connectivity index (χ2n) is 3.00. The van der Waals surface area contributed by atoms with E-state index in [1.54, 1.807) is 6.07 Å². The Balaban J connectivity index is 3.44. The SMILES string of the molecule is N#CCc1cc(C(F)F)nc(C(F)(F)F)c1Br. The molecule has 1 rings (SSSR count). The van der Waals surface area contributed by atoms with Crippen LogP contribution < -0.4 is 0 Å².